The van der Waals surface area contributed by atoms with Crippen LogP contribution < -0.4 is 0 Å². The van der Waals surface area contributed by atoms with E-state index in [1.54, 1.807) is 18.3 Å². The van der Waals surface area contributed by atoms with Crippen LogP contribution in [0.2, 0.25) is 0 Å². The zero-order valence-electron chi connectivity index (χ0n) is 51.3. The molecule has 2 aromatic heterocycles. The van der Waals surface area contributed by atoms with Gasteiger partial charge in [0.1, 0.15) is 11.6 Å². The molecule has 0 aliphatic rings. The van der Waals surface area contributed by atoms with Gasteiger partial charge in [-0.1, -0.05) is 236 Å². The number of phenols is 1. The second-order valence-electron chi connectivity index (χ2n) is 23.6. The first-order valence-corrected chi connectivity index (χ1v) is 25.0. The van der Waals surface area contributed by atoms with E-state index in [2.05, 4.69) is 191 Å². The summed E-state index contributed by atoms with van der Waals surface area (Å²) < 4.78 is 59.9. The van der Waals surface area contributed by atoms with E-state index in [-0.39, 0.29) is 48.6 Å². The fourth-order valence-corrected chi connectivity index (χ4v) is 9.48. The van der Waals surface area contributed by atoms with Gasteiger partial charge in [-0.2, -0.15) is 0 Å². The van der Waals surface area contributed by atoms with E-state index >= 15 is 0 Å². The van der Waals surface area contributed by atoms with Gasteiger partial charge in [-0.3, -0.25) is 9.55 Å². The monoisotopic (exact) mass is 1150 g/mol. The molecular weight excluding hydrogens is 1070 g/mol. The predicted octanol–water partition coefficient (Wildman–Crippen LogP) is 18.4. The second-order valence-corrected chi connectivity index (χ2v) is 23.6. The predicted molar refractivity (Wildman–Crippen MR) is 305 cm³/mol. The molecule has 0 aliphatic carbocycles. The number of para-hydroxylation sites is 1. The molecule has 1 N–H and O–H groups in total. The van der Waals surface area contributed by atoms with Crippen LogP contribution in [0.1, 0.15) is 141 Å². The first kappa shape index (κ1) is 44.2. The molecule has 0 aliphatic heterocycles. The number of pyridine rings is 1. The van der Waals surface area contributed by atoms with Crippen molar-refractivity contribution in [1.82, 2.24) is 14.5 Å². The molecule has 5 heteroatoms. The van der Waals surface area contributed by atoms with E-state index in [0.29, 0.717) is 22.6 Å². The third-order valence-corrected chi connectivity index (χ3v) is 13.9. The Bertz CT molecular complexity index is 3710. The molecule has 4 nitrogen and oxygen atoms in total. The van der Waals surface area contributed by atoms with Gasteiger partial charge in [0.05, 0.1) is 22.3 Å². The average Bonchev–Trinajstić information content (AvgIpc) is 3.77. The maximum Gasteiger partial charge on any atom is 0.148 e. The summed E-state index contributed by atoms with van der Waals surface area (Å²) in [6.07, 6.45) is 1.72. The minimum atomic E-state index is -2.94. The molecule has 0 atom stereocenters. The molecule has 0 amide bonds. The summed E-state index contributed by atoms with van der Waals surface area (Å²) in [4.78, 5) is 10.6. The number of hydrogen-bond donors (Lipinski definition) is 1. The van der Waals surface area contributed by atoms with Crippen LogP contribution in [-0.2, 0) is 48.1 Å². The summed E-state index contributed by atoms with van der Waals surface area (Å²) in [6.45, 7) is 19.7. The van der Waals surface area contributed by atoms with Crippen molar-refractivity contribution in [2.75, 3.05) is 0 Å². The molecule has 0 saturated carbocycles. The number of imidazole rings is 1. The maximum atomic E-state index is 12.8. The topological polar surface area (TPSA) is 50.9 Å². The standard InChI is InChI=1S/C68H72N3O.Pt/c1-64(2,3)50-28-24-44(25-29-50)46-34-35-69-58(39-46)49-37-47(43-20-17-16-18-21-43)36-48(38-49)55-22-19-23-59-61(55)70-63(56-40-53(67(10,11)12)41-57(62(56)72)68(13,14)15)71(59)60-42-52(66(7,8)9)32-33-54(60)45-26-30-51(31-27-45)65(4,5)6;/h16-37,39-42,72H,1-15H3;/q-1;/i1D,2D3,3D3;. The zero-order valence-corrected chi connectivity index (χ0v) is 46.6. The smallest absolute Gasteiger partial charge is 0.148 e. The first-order chi connectivity index (χ1) is 36.8. The van der Waals surface area contributed by atoms with Gasteiger partial charge in [0, 0.05) is 53.7 Å². The number of aromatic nitrogens is 3. The Morgan fingerprint density at radius 1 is 0.479 bits per heavy atom. The molecule has 0 radical (unpaired) electrons. The summed E-state index contributed by atoms with van der Waals surface area (Å²) in [5, 5.41) is 12.8. The zero-order chi connectivity index (χ0) is 57.4. The summed E-state index contributed by atoms with van der Waals surface area (Å²) in [5.41, 5.74) is 12.7. The van der Waals surface area contributed by atoms with E-state index in [9.17, 15) is 5.11 Å². The van der Waals surface area contributed by atoms with Crippen molar-refractivity contribution in [3.63, 3.8) is 0 Å². The van der Waals surface area contributed by atoms with Crippen molar-refractivity contribution >= 4 is 11.0 Å². The quantitative estimate of drug-likeness (QED) is 0.162. The van der Waals surface area contributed by atoms with Crippen LogP contribution in [0.3, 0.4) is 0 Å². The minimum absolute atomic E-state index is 0. The van der Waals surface area contributed by atoms with E-state index in [1.165, 1.54) is 17.7 Å². The normalized spacial score (nSPS) is 14.3. The Kier molecular flexibility index (Phi) is 11.8. The number of nitrogens with zero attached hydrogens (tertiary/aromatic N) is 3. The number of aromatic hydroxyl groups is 1. The Hall–Kier alpha value is -6.35. The van der Waals surface area contributed by atoms with E-state index < -0.39 is 31.4 Å². The third-order valence-electron chi connectivity index (χ3n) is 13.9. The van der Waals surface area contributed by atoms with Gasteiger partial charge in [0.15, 0.2) is 0 Å². The van der Waals surface area contributed by atoms with Crippen LogP contribution in [0.5, 0.6) is 5.75 Å². The fourth-order valence-electron chi connectivity index (χ4n) is 9.48. The SMILES string of the molecule is [2H]CC(c1ccc(-c2ccnc(-c3[c-]c(-c4cccc5c4nc(-c4cc(C(C)(C)C)cc(C(C)(C)C)c4O)n5-c4cc(C(C)(C)C)ccc4-c4ccc(C(C)(C)C)cc4)cc(-c4ccccc4)c3)c2)cc1)(C([2H])([2H])[2H])C([2H])([2H])[2H].[Pt]. The largest absolute Gasteiger partial charge is 0.507 e. The van der Waals surface area contributed by atoms with Crippen molar-refractivity contribution < 1.29 is 35.8 Å². The molecule has 9 rings (SSSR count). The Morgan fingerprint density at radius 2 is 1.08 bits per heavy atom. The molecule has 7 aromatic carbocycles. The molecule has 376 valence electrons. The minimum Gasteiger partial charge on any atom is -0.507 e. The molecule has 9 aromatic rings. The van der Waals surface area contributed by atoms with E-state index in [1.807, 2.05) is 30.3 Å². The number of hydrogen-bond acceptors (Lipinski definition) is 3. The molecule has 0 bridgehead atoms. The maximum absolute atomic E-state index is 12.8. The number of rotatable bonds is 7. The van der Waals surface area contributed by atoms with Crippen LogP contribution >= 0.6 is 0 Å². The van der Waals surface area contributed by atoms with Crippen molar-refractivity contribution in [2.45, 2.75) is 131 Å². The van der Waals surface area contributed by atoms with Crippen LogP contribution in [0, 0.1) is 6.07 Å². The van der Waals surface area contributed by atoms with Crippen molar-refractivity contribution in [1.29, 1.82) is 0 Å². The molecule has 0 unspecified atom stereocenters. The first-order valence-electron chi connectivity index (χ1n) is 28.7. The van der Waals surface area contributed by atoms with Gasteiger partial charge in [0.25, 0.3) is 0 Å². The van der Waals surface area contributed by atoms with Gasteiger partial charge in [-0.25, -0.2) is 4.98 Å². The molecule has 2 heterocycles. The molecule has 0 fully saturated rings. The van der Waals surface area contributed by atoms with Gasteiger partial charge >= 0.3 is 0 Å². The molecular formula is C68H72N3OPt-. The average molecular weight is 1150 g/mol. The van der Waals surface area contributed by atoms with E-state index in [0.717, 1.165) is 77.9 Å². The van der Waals surface area contributed by atoms with Gasteiger partial charge in [-0.05, 0) is 95.8 Å². The molecule has 73 heavy (non-hydrogen) atoms. The summed E-state index contributed by atoms with van der Waals surface area (Å²) in [5.74, 6) is 0.792. The van der Waals surface area contributed by atoms with Crippen molar-refractivity contribution in [2.24, 2.45) is 0 Å². The second kappa shape index (κ2) is 19.5. The van der Waals surface area contributed by atoms with Crippen molar-refractivity contribution in [3.05, 3.63) is 192 Å². The number of phenolic OH excluding ortho intramolecular Hbond substituents is 1. The third kappa shape index (κ3) is 10.8. The van der Waals surface area contributed by atoms with Crippen LogP contribution in [0.15, 0.2) is 158 Å². The molecule has 0 spiro atoms. The van der Waals surface area contributed by atoms with Gasteiger partial charge in [-0.15, -0.1) is 23.8 Å². The van der Waals surface area contributed by atoms with Crippen LogP contribution in [0.25, 0.3) is 83.9 Å². The van der Waals surface area contributed by atoms with E-state index in [4.69, 9.17) is 19.6 Å². The van der Waals surface area contributed by atoms with Crippen molar-refractivity contribution in [3.8, 4) is 78.6 Å². The summed E-state index contributed by atoms with van der Waals surface area (Å²) in [6, 6.07) is 54.6. The number of benzene rings is 7. The van der Waals surface area contributed by atoms with Crippen LogP contribution in [-0.4, -0.2) is 19.6 Å². The van der Waals surface area contributed by atoms with Crippen LogP contribution in [0.4, 0.5) is 0 Å². The fraction of sp³-hybridized carbons (Fsp3) is 0.294. The molecule has 0 saturated heterocycles. The summed E-state index contributed by atoms with van der Waals surface area (Å²) in [7, 11) is 0. The Labute approximate surface area is 460 Å². The Balaban J connectivity index is 0.00000841. The van der Waals surface area contributed by atoms with Gasteiger partial charge in [0.2, 0.25) is 0 Å². The number of fused-ring (bicyclic) bond motifs is 1. The Morgan fingerprint density at radius 3 is 1.70 bits per heavy atom. The summed E-state index contributed by atoms with van der Waals surface area (Å²) >= 11 is 0. The van der Waals surface area contributed by atoms with Gasteiger partial charge < -0.3 is 5.11 Å².